The maximum Gasteiger partial charge on any atom is 0.0805 e. The van der Waals surface area contributed by atoms with Crippen LogP contribution in [-0.4, -0.2) is 34.0 Å². The van der Waals surface area contributed by atoms with Crippen molar-refractivity contribution in [2.75, 3.05) is 18.6 Å². The van der Waals surface area contributed by atoms with Crippen LogP contribution in [0.15, 0.2) is 87.9 Å². The number of fused-ring (bicyclic) bond motifs is 8. The summed E-state index contributed by atoms with van der Waals surface area (Å²) in [5.41, 5.74) is 20.2. The predicted octanol–water partition coefficient (Wildman–Crippen LogP) is 10.5. The molecule has 1 aromatic heterocycles. The third kappa shape index (κ3) is 7.51. The molecule has 0 radical (unpaired) electrons. The molecular formula is C39H45ClN4S2. The molecule has 0 aliphatic carbocycles. The van der Waals surface area contributed by atoms with Gasteiger partial charge in [0.25, 0.3) is 0 Å². The Hall–Kier alpha value is -3.19. The fourth-order valence-electron chi connectivity index (χ4n) is 6.31. The Bertz CT molecular complexity index is 1880. The van der Waals surface area contributed by atoms with Crippen LogP contribution < -0.4 is 5.73 Å². The van der Waals surface area contributed by atoms with Crippen LogP contribution in [0.3, 0.4) is 0 Å². The first-order valence-electron chi connectivity index (χ1n) is 15.9. The van der Waals surface area contributed by atoms with Crippen molar-refractivity contribution in [1.29, 1.82) is 0 Å². The number of aliphatic imine (C=N–C) groups is 1. The summed E-state index contributed by atoms with van der Waals surface area (Å²) in [6.07, 6.45) is 6.21. The highest BCUT2D eigenvalue weighted by molar-refractivity contribution is 8.00. The first kappa shape index (κ1) is 34.2. The number of allylic oxidation sites excluding steroid dienone is 4. The van der Waals surface area contributed by atoms with Gasteiger partial charge < -0.3 is 5.73 Å². The zero-order chi connectivity index (χ0) is 33.0. The predicted molar refractivity (Wildman–Crippen MR) is 205 cm³/mol. The standard InChI is InChI=1S/C39H45ClN4S2/c1-24(2)25(3)33-14-10-8-12-28-18-32(19-29-13-9-11-15-35(28)29)46-22-31(42-6)20-30(41)21-45-23-37-39(27(5)44(7)43-37)38-26(4)34(33)16-17-36(38)40/h9,11,13,15-20H,1,8,10,12,14,21-23,41H2,2-7H3/b30-20?,33-25+,42-31?. The van der Waals surface area contributed by atoms with Crippen molar-refractivity contribution in [2.45, 2.75) is 64.0 Å². The van der Waals surface area contributed by atoms with Crippen molar-refractivity contribution >= 4 is 57.2 Å². The van der Waals surface area contributed by atoms with E-state index in [2.05, 4.69) is 87.8 Å². The molecule has 1 aliphatic heterocycles. The van der Waals surface area contributed by atoms with Crippen LogP contribution in [0.2, 0.25) is 5.02 Å². The zero-order valence-corrected chi connectivity index (χ0v) is 30.4. The number of benzene rings is 3. The Balaban J connectivity index is 1.61. The summed E-state index contributed by atoms with van der Waals surface area (Å²) in [4.78, 5) is 5.84. The molecule has 4 aromatic rings. The van der Waals surface area contributed by atoms with E-state index < -0.39 is 0 Å². The highest BCUT2D eigenvalue weighted by atomic mass is 35.5. The van der Waals surface area contributed by atoms with E-state index in [0.29, 0.717) is 5.75 Å². The molecule has 4 nitrogen and oxygen atoms in total. The van der Waals surface area contributed by atoms with Gasteiger partial charge in [-0.3, -0.25) is 9.67 Å². The van der Waals surface area contributed by atoms with Gasteiger partial charge in [0.2, 0.25) is 0 Å². The third-order valence-electron chi connectivity index (χ3n) is 9.07. The third-order valence-corrected chi connectivity index (χ3v) is 11.4. The molecule has 240 valence electrons. The maximum atomic E-state index is 7.04. The number of hydrogen-bond acceptors (Lipinski definition) is 5. The normalized spacial score (nSPS) is 17.3. The zero-order valence-electron chi connectivity index (χ0n) is 28.0. The van der Waals surface area contributed by atoms with Gasteiger partial charge in [-0.25, -0.2) is 0 Å². The molecule has 3 aromatic carbocycles. The average molecular weight is 669 g/mol. The summed E-state index contributed by atoms with van der Waals surface area (Å²) >= 11 is 10.6. The molecule has 0 saturated heterocycles. The van der Waals surface area contributed by atoms with Gasteiger partial charge in [0.05, 0.1) is 5.69 Å². The summed E-state index contributed by atoms with van der Waals surface area (Å²) in [6, 6.07) is 17.7. The lowest BCUT2D eigenvalue weighted by Crippen LogP contribution is -2.07. The molecule has 46 heavy (non-hydrogen) atoms. The van der Waals surface area contributed by atoms with Crippen LogP contribution in [0.1, 0.15) is 61.2 Å². The van der Waals surface area contributed by atoms with Crippen LogP contribution >= 0.6 is 35.1 Å². The Morgan fingerprint density at radius 1 is 1.00 bits per heavy atom. The summed E-state index contributed by atoms with van der Waals surface area (Å²) in [6.45, 7) is 13.0. The number of nitrogens with two attached hydrogens (primary N) is 1. The minimum absolute atomic E-state index is 0.691. The molecule has 5 rings (SSSR count). The fourth-order valence-corrected chi connectivity index (χ4v) is 8.39. The quantitative estimate of drug-likeness (QED) is 0.219. The summed E-state index contributed by atoms with van der Waals surface area (Å²) in [7, 11) is 3.86. The van der Waals surface area contributed by atoms with Gasteiger partial charge in [-0.15, -0.1) is 23.5 Å². The van der Waals surface area contributed by atoms with Crippen LogP contribution in [0, 0.1) is 13.8 Å². The van der Waals surface area contributed by atoms with Crippen LogP contribution in [-0.2, 0) is 19.2 Å². The lowest BCUT2D eigenvalue weighted by atomic mass is 9.86. The molecule has 2 N–H and O–H groups in total. The van der Waals surface area contributed by atoms with Crippen molar-refractivity contribution in [3.05, 3.63) is 111 Å². The number of rotatable bonds is 1. The molecule has 2 heterocycles. The topological polar surface area (TPSA) is 56.2 Å². The molecule has 7 heteroatoms. The first-order chi connectivity index (χ1) is 22.1. The summed E-state index contributed by atoms with van der Waals surface area (Å²) in [5.74, 6) is 2.19. The number of aromatic nitrogens is 2. The van der Waals surface area contributed by atoms with Crippen LogP contribution in [0.4, 0.5) is 0 Å². The SMILES string of the molecule is C=C(C)/C(C)=C1\CCCCc2cc(cc3ccccc23)SCC(=NC)C=C(N)CSCc2nn(C)c(C)c2-c2c(Cl)ccc1c2C. The molecule has 0 fully saturated rings. The molecular weight excluding hydrogens is 624 g/mol. The monoisotopic (exact) mass is 668 g/mol. The maximum absolute atomic E-state index is 7.04. The van der Waals surface area contributed by atoms with Crippen molar-refractivity contribution in [3.8, 4) is 11.1 Å². The highest BCUT2D eigenvalue weighted by Gasteiger charge is 2.22. The molecule has 0 unspecified atom stereocenters. The first-order valence-corrected chi connectivity index (χ1v) is 18.4. The van der Waals surface area contributed by atoms with E-state index in [4.69, 9.17) is 22.4 Å². The Labute approximate surface area is 288 Å². The Kier molecular flexibility index (Phi) is 11.2. The number of thioether (sulfide) groups is 2. The van der Waals surface area contributed by atoms with E-state index >= 15 is 0 Å². The molecule has 0 amide bonds. The van der Waals surface area contributed by atoms with Gasteiger partial charge in [-0.2, -0.15) is 5.10 Å². The van der Waals surface area contributed by atoms with Gasteiger partial charge in [0, 0.05) is 69.5 Å². The second-order valence-electron chi connectivity index (χ2n) is 12.2. The van der Waals surface area contributed by atoms with Crippen LogP contribution in [0.5, 0.6) is 0 Å². The smallest absolute Gasteiger partial charge is 0.0805 e. The van der Waals surface area contributed by atoms with Gasteiger partial charge in [-0.1, -0.05) is 54.1 Å². The lowest BCUT2D eigenvalue weighted by molar-refractivity contribution is 0.730. The van der Waals surface area contributed by atoms with Gasteiger partial charge in [-0.05, 0) is 116 Å². The van der Waals surface area contributed by atoms with E-state index in [1.54, 1.807) is 11.8 Å². The van der Waals surface area contributed by atoms with Gasteiger partial charge in [0.15, 0.2) is 0 Å². The minimum Gasteiger partial charge on any atom is -0.401 e. The second kappa shape index (κ2) is 15.1. The number of aryl methyl sites for hydroxylation is 2. The molecule has 4 bridgehead atoms. The minimum atomic E-state index is 0.691. The van der Waals surface area contributed by atoms with E-state index in [-0.39, 0.29) is 0 Å². The van der Waals surface area contributed by atoms with Gasteiger partial charge >= 0.3 is 0 Å². The molecule has 0 saturated carbocycles. The van der Waals surface area contributed by atoms with Crippen molar-refractivity contribution in [3.63, 3.8) is 0 Å². The Morgan fingerprint density at radius 3 is 2.52 bits per heavy atom. The van der Waals surface area contributed by atoms with E-state index in [1.807, 2.05) is 36.6 Å². The molecule has 0 spiro atoms. The van der Waals surface area contributed by atoms with E-state index in [9.17, 15) is 0 Å². The Morgan fingerprint density at radius 2 is 1.76 bits per heavy atom. The molecule has 1 aliphatic rings. The highest BCUT2D eigenvalue weighted by Crippen LogP contribution is 2.42. The number of hydrogen-bond donors (Lipinski definition) is 1. The number of halogens is 1. The van der Waals surface area contributed by atoms with Gasteiger partial charge in [0.1, 0.15) is 0 Å². The van der Waals surface area contributed by atoms with E-state index in [0.717, 1.165) is 81.7 Å². The number of nitrogens with zero attached hydrogens (tertiary/aromatic N) is 3. The summed E-state index contributed by atoms with van der Waals surface area (Å²) < 4.78 is 1.97. The van der Waals surface area contributed by atoms with Crippen molar-refractivity contribution < 1.29 is 0 Å². The molecule has 0 atom stereocenters. The van der Waals surface area contributed by atoms with Crippen molar-refractivity contribution in [2.24, 2.45) is 17.8 Å². The van der Waals surface area contributed by atoms with E-state index in [1.165, 1.54) is 43.5 Å². The lowest BCUT2D eigenvalue weighted by Gasteiger charge is -2.20. The van der Waals surface area contributed by atoms with Crippen molar-refractivity contribution in [1.82, 2.24) is 9.78 Å². The second-order valence-corrected chi connectivity index (χ2v) is 14.7. The average Bonchev–Trinajstić information content (AvgIpc) is 3.31. The fraction of sp³-hybridized carbons (Fsp3) is 0.333. The van der Waals surface area contributed by atoms with Crippen LogP contribution in [0.25, 0.3) is 27.5 Å². The summed E-state index contributed by atoms with van der Waals surface area (Å²) in [5, 5.41) is 8.32. The largest absolute Gasteiger partial charge is 0.401 e.